The lowest BCUT2D eigenvalue weighted by Crippen LogP contribution is -2.37. The number of nitrogens with one attached hydrogen (secondary N) is 2. The van der Waals surface area contributed by atoms with Gasteiger partial charge < -0.3 is 15.2 Å². The van der Waals surface area contributed by atoms with E-state index in [9.17, 15) is 13.6 Å². The molecule has 5 nitrogen and oxygen atoms in total. The van der Waals surface area contributed by atoms with Gasteiger partial charge in [-0.25, -0.2) is 13.8 Å². The Hall–Kier alpha value is -2.96. The smallest absolute Gasteiger partial charge is 0.253 e. The van der Waals surface area contributed by atoms with Crippen LogP contribution in [0.25, 0.3) is 11.0 Å². The van der Waals surface area contributed by atoms with Crippen LogP contribution in [0, 0.1) is 11.6 Å². The van der Waals surface area contributed by atoms with Crippen molar-refractivity contribution in [1.29, 1.82) is 0 Å². The second-order valence-electron chi connectivity index (χ2n) is 6.10. The molecule has 0 spiro atoms. The highest BCUT2D eigenvalue weighted by atomic mass is 19.1. The van der Waals surface area contributed by atoms with E-state index in [4.69, 9.17) is 0 Å². The van der Waals surface area contributed by atoms with Gasteiger partial charge in [0.05, 0.1) is 11.3 Å². The fourth-order valence-corrected chi connectivity index (χ4v) is 3.24. The molecular formula is C18H16F2N4O. The van der Waals surface area contributed by atoms with Crippen LogP contribution in [0.1, 0.15) is 16.8 Å². The Labute approximate surface area is 142 Å². The first kappa shape index (κ1) is 15.6. The maximum absolute atomic E-state index is 13.9. The molecule has 0 aliphatic carbocycles. The van der Waals surface area contributed by atoms with Gasteiger partial charge in [0.2, 0.25) is 0 Å². The number of fused-ring (bicyclic) bond motifs is 1. The zero-order valence-corrected chi connectivity index (χ0v) is 13.3. The van der Waals surface area contributed by atoms with Crippen molar-refractivity contribution in [1.82, 2.24) is 15.3 Å². The standard InChI is InChI=1S/C18H16F2N4O/c19-11-3-4-16(15(20)8-11)24-7-5-12(10-24)23-18(25)14-9-22-17-13(14)2-1-6-21-17/h1-4,6,8-9,12H,5,7,10H2,(H,21,22)(H,23,25)/t12-/m1/s1. The van der Waals surface area contributed by atoms with Crippen LogP contribution in [0.5, 0.6) is 0 Å². The van der Waals surface area contributed by atoms with Crippen LogP contribution < -0.4 is 10.2 Å². The van der Waals surface area contributed by atoms with Crippen molar-refractivity contribution in [2.75, 3.05) is 18.0 Å². The van der Waals surface area contributed by atoms with Crippen molar-refractivity contribution in [3.63, 3.8) is 0 Å². The summed E-state index contributed by atoms with van der Waals surface area (Å²) >= 11 is 0. The molecule has 1 amide bonds. The molecule has 1 aliphatic rings. The van der Waals surface area contributed by atoms with E-state index in [1.54, 1.807) is 18.5 Å². The van der Waals surface area contributed by atoms with Crippen LogP contribution in [0.2, 0.25) is 0 Å². The Balaban J connectivity index is 1.46. The van der Waals surface area contributed by atoms with Crippen LogP contribution in [0.3, 0.4) is 0 Å². The minimum atomic E-state index is -0.599. The summed E-state index contributed by atoms with van der Waals surface area (Å²) in [4.78, 5) is 21.5. The molecule has 1 atom stereocenters. The SMILES string of the molecule is O=C(N[C@@H]1CCN(c2ccc(F)cc2F)C1)c1c[nH]c2ncccc12. The van der Waals surface area contributed by atoms with E-state index in [0.29, 0.717) is 36.4 Å². The van der Waals surface area contributed by atoms with Gasteiger partial charge in [-0.2, -0.15) is 0 Å². The number of benzene rings is 1. The summed E-state index contributed by atoms with van der Waals surface area (Å²) in [6, 6.07) is 7.06. The molecule has 2 aromatic heterocycles. The molecule has 25 heavy (non-hydrogen) atoms. The van der Waals surface area contributed by atoms with Gasteiger partial charge in [-0.15, -0.1) is 0 Å². The number of pyridine rings is 1. The van der Waals surface area contributed by atoms with E-state index in [2.05, 4.69) is 15.3 Å². The lowest BCUT2D eigenvalue weighted by atomic mass is 10.2. The first-order valence-corrected chi connectivity index (χ1v) is 8.05. The van der Waals surface area contributed by atoms with Crippen LogP contribution in [0.15, 0.2) is 42.7 Å². The van der Waals surface area contributed by atoms with Crippen molar-refractivity contribution in [3.05, 3.63) is 59.9 Å². The van der Waals surface area contributed by atoms with Crippen LogP contribution in [-0.2, 0) is 0 Å². The normalized spacial score (nSPS) is 17.2. The Morgan fingerprint density at radius 2 is 2.20 bits per heavy atom. The number of rotatable bonds is 3. The van der Waals surface area contributed by atoms with E-state index >= 15 is 0 Å². The summed E-state index contributed by atoms with van der Waals surface area (Å²) in [5.74, 6) is -1.38. The number of carbonyl (C=O) groups is 1. The average molecular weight is 342 g/mol. The molecule has 4 rings (SSSR count). The van der Waals surface area contributed by atoms with Gasteiger partial charge in [0.25, 0.3) is 5.91 Å². The van der Waals surface area contributed by atoms with Gasteiger partial charge in [0, 0.05) is 43.0 Å². The highest BCUT2D eigenvalue weighted by Gasteiger charge is 2.26. The van der Waals surface area contributed by atoms with Crippen molar-refractivity contribution in [2.24, 2.45) is 0 Å². The number of hydrogen-bond acceptors (Lipinski definition) is 3. The summed E-state index contributed by atoms with van der Waals surface area (Å²) in [7, 11) is 0. The molecule has 1 aromatic carbocycles. The Bertz CT molecular complexity index is 940. The molecule has 3 heterocycles. The number of aromatic amines is 1. The largest absolute Gasteiger partial charge is 0.367 e. The van der Waals surface area contributed by atoms with Crippen molar-refractivity contribution < 1.29 is 13.6 Å². The van der Waals surface area contributed by atoms with Gasteiger partial charge in [-0.1, -0.05) is 0 Å². The third kappa shape index (κ3) is 2.93. The van der Waals surface area contributed by atoms with E-state index in [0.717, 1.165) is 11.5 Å². The molecule has 0 saturated carbocycles. The molecule has 0 radical (unpaired) electrons. The zero-order valence-electron chi connectivity index (χ0n) is 13.3. The van der Waals surface area contributed by atoms with Crippen molar-refractivity contribution in [2.45, 2.75) is 12.5 Å². The van der Waals surface area contributed by atoms with Gasteiger partial charge in [0.1, 0.15) is 17.3 Å². The minimum Gasteiger partial charge on any atom is -0.367 e. The fraction of sp³-hybridized carbons (Fsp3) is 0.222. The monoisotopic (exact) mass is 342 g/mol. The number of amides is 1. The van der Waals surface area contributed by atoms with Crippen LogP contribution in [0.4, 0.5) is 14.5 Å². The number of H-pyrrole nitrogens is 1. The third-order valence-corrected chi connectivity index (χ3v) is 4.47. The summed E-state index contributed by atoms with van der Waals surface area (Å²) in [5.41, 5.74) is 1.55. The molecular weight excluding hydrogens is 326 g/mol. The Morgan fingerprint density at radius 3 is 3.04 bits per heavy atom. The highest BCUT2D eigenvalue weighted by Crippen LogP contribution is 2.25. The van der Waals surface area contributed by atoms with Gasteiger partial charge in [-0.05, 0) is 30.7 Å². The molecule has 3 aromatic rings. The summed E-state index contributed by atoms with van der Waals surface area (Å²) in [5, 5.41) is 3.74. The van der Waals surface area contributed by atoms with Gasteiger partial charge in [-0.3, -0.25) is 4.79 Å². The molecule has 1 aliphatic heterocycles. The number of nitrogens with zero attached hydrogens (tertiary/aromatic N) is 2. The molecule has 0 unspecified atom stereocenters. The first-order valence-electron chi connectivity index (χ1n) is 8.05. The van der Waals surface area contributed by atoms with E-state index in [1.807, 2.05) is 11.0 Å². The second kappa shape index (κ2) is 6.16. The molecule has 7 heteroatoms. The minimum absolute atomic E-state index is 0.0985. The Kier molecular flexibility index (Phi) is 3.83. The van der Waals surface area contributed by atoms with Crippen molar-refractivity contribution >= 4 is 22.6 Å². The van der Waals surface area contributed by atoms with E-state index < -0.39 is 11.6 Å². The van der Waals surface area contributed by atoms with E-state index in [-0.39, 0.29) is 11.9 Å². The second-order valence-corrected chi connectivity index (χ2v) is 6.10. The fourth-order valence-electron chi connectivity index (χ4n) is 3.24. The molecule has 1 fully saturated rings. The van der Waals surface area contributed by atoms with Gasteiger partial charge in [0.15, 0.2) is 0 Å². The van der Waals surface area contributed by atoms with Gasteiger partial charge >= 0.3 is 0 Å². The lowest BCUT2D eigenvalue weighted by Gasteiger charge is -2.19. The first-order chi connectivity index (χ1) is 12.1. The third-order valence-electron chi connectivity index (χ3n) is 4.47. The summed E-state index contributed by atoms with van der Waals surface area (Å²) in [6.45, 7) is 1.08. The topological polar surface area (TPSA) is 61.0 Å². The highest BCUT2D eigenvalue weighted by molar-refractivity contribution is 6.06. The Morgan fingerprint density at radius 1 is 1.32 bits per heavy atom. The predicted octanol–water partition coefficient (Wildman–Crippen LogP) is 2.85. The number of anilines is 1. The van der Waals surface area contributed by atoms with E-state index in [1.165, 1.54) is 12.1 Å². The van der Waals surface area contributed by atoms with Crippen molar-refractivity contribution in [3.8, 4) is 0 Å². The number of halogens is 2. The number of carbonyl (C=O) groups excluding carboxylic acids is 1. The quantitative estimate of drug-likeness (QED) is 0.769. The number of hydrogen-bond donors (Lipinski definition) is 2. The molecule has 128 valence electrons. The number of aromatic nitrogens is 2. The lowest BCUT2D eigenvalue weighted by molar-refractivity contribution is 0.0942. The van der Waals surface area contributed by atoms with Crippen LogP contribution >= 0.6 is 0 Å². The summed E-state index contributed by atoms with van der Waals surface area (Å²) in [6.07, 6.45) is 4.00. The maximum Gasteiger partial charge on any atom is 0.253 e. The molecule has 0 bridgehead atoms. The zero-order chi connectivity index (χ0) is 17.4. The summed E-state index contributed by atoms with van der Waals surface area (Å²) < 4.78 is 27.0. The maximum atomic E-state index is 13.9. The molecule has 2 N–H and O–H groups in total. The van der Waals surface area contributed by atoms with Crippen LogP contribution in [-0.4, -0.2) is 35.0 Å². The predicted molar refractivity (Wildman–Crippen MR) is 90.5 cm³/mol. The average Bonchev–Trinajstić information content (AvgIpc) is 3.21. The molecule has 1 saturated heterocycles.